The molecule has 1 aromatic heterocycles. The van der Waals surface area contributed by atoms with Crippen LogP contribution >= 0.6 is 11.3 Å². The minimum absolute atomic E-state index is 0.117. The van der Waals surface area contributed by atoms with Gasteiger partial charge in [0.15, 0.2) is 5.13 Å². The van der Waals surface area contributed by atoms with Gasteiger partial charge < -0.3 is 9.80 Å². The monoisotopic (exact) mass is 301 g/mol. The molecule has 1 aliphatic heterocycles. The number of piperidine rings is 1. The highest BCUT2D eigenvalue weighted by molar-refractivity contribution is 7.13. The molecular weight excluding hydrogens is 282 g/mol. The van der Waals surface area contributed by atoms with Crippen LogP contribution in [0.2, 0.25) is 0 Å². The maximum atomic E-state index is 12.6. The SMILES string of the molecule is CN(C(=O)C1CCN(c2nccs2)CC1)c1ccccc1. The summed E-state index contributed by atoms with van der Waals surface area (Å²) >= 11 is 1.66. The molecule has 4 nitrogen and oxygen atoms in total. The number of hydrogen-bond donors (Lipinski definition) is 0. The molecule has 0 N–H and O–H groups in total. The Morgan fingerprint density at radius 3 is 2.62 bits per heavy atom. The molecule has 1 aliphatic rings. The summed E-state index contributed by atoms with van der Waals surface area (Å²) in [4.78, 5) is 21.0. The molecule has 0 bridgehead atoms. The van der Waals surface area contributed by atoms with Crippen molar-refractivity contribution in [2.24, 2.45) is 5.92 Å². The molecule has 1 amide bonds. The second-order valence-corrected chi connectivity index (χ2v) is 6.18. The molecule has 110 valence electrons. The highest BCUT2D eigenvalue weighted by Gasteiger charge is 2.28. The van der Waals surface area contributed by atoms with E-state index in [0.717, 1.165) is 36.8 Å². The van der Waals surface area contributed by atoms with Gasteiger partial charge in [-0.1, -0.05) is 18.2 Å². The molecular formula is C16H19N3OS. The van der Waals surface area contributed by atoms with E-state index in [1.54, 1.807) is 16.2 Å². The fourth-order valence-corrected chi connectivity index (χ4v) is 3.44. The summed E-state index contributed by atoms with van der Waals surface area (Å²) in [6.45, 7) is 1.82. The van der Waals surface area contributed by atoms with Crippen molar-refractivity contribution in [3.63, 3.8) is 0 Å². The summed E-state index contributed by atoms with van der Waals surface area (Å²) in [7, 11) is 1.87. The van der Waals surface area contributed by atoms with Gasteiger partial charge in [0.05, 0.1) is 0 Å². The molecule has 5 heteroatoms. The maximum Gasteiger partial charge on any atom is 0.229 e. The van der Waals surface area contributed by atoms with Crippen LogP contribution in [-0.4, -0.2) is 31.0 Å². The maximum absolute atomic E-state index is 12.6. The third kappa shape index (κ3) is 3.08. The van der Waals surface area contributed by atoms with E-state index in [-0.39, 0.29) is 11.8 Å². The Balaban J connectivity index is 1.60. The Bertz CT molecular complexity index is 577. The number of benzene rings is 1. The van der Waals surface area contributed by atoms with Crippen molar-refractivity contribution in [3.05, 3.63) is 41.9 Å². The van der Waals surface area contributed by atoms with E-state index < -0.39 is 0 Å². The van der Waals surface area contributed by atoms with Crippen molar-refractivity contribution >= 4 is 28.1 Å². The zero-order valence-electron chi connectivity index (χ0n) is 12.1. The van der Waals surface area contributed by atoms with Gasteiger partial charge in [-0.3, -0.25) is 4.79 Å². The summed E-state index contributed by atoms with van der Waals surface area (Å²) in [5.41, 5.74) is 0.963. The van der Waals surface area contributed by atoms with E-state index in [1.165, 1.54) is 0 Å². The number of carbonyl (C=O) groups excluding carboxylic acids is 1. The minimum Gasteiger partial charge on any atom is -0.348 e. The van der Waals surface area contributed by atoms with Crippen LogP contribution in [0.25, 0.3) is 0 Å². The molecule has 2 aromatic rings. The fourth-order valence-electron chi connectivity index (χ4n) is 2.74. The van der Waals surface area contributed by atoms with Crippen LogP contribution in [0.15, 0.2) is 41.9 Å². The van der Waals surface area contributed by atoms with Gasteiger partial charge in [-0.05, 0) is 25.0 Å². The molecule has 2 heterocycles. The van der Waals surface area contributed by atoms with Crippen molar-refractivity contribution < 1.29 is 4.79 Å². The van der Waals surface area contributed by atoms with Crippen molar-refractivity contribution in [1.82, 2.24) is 4.98 Å². The number of anilines is 2. The fraction of sp³-hybridized carbons (Fsp3) is 0.375. The second kappa shape index (κ2) is 6.26. The number of hydrogen-bond acceptors (Lipinski definition) is 4. The van der Waals surface area contributed by atoms with Gasteiger partial charge in [-0.2, -0.15) is 0 Å². The normalized spacial score (nSPS) is 16.0. The van der Waals surface area contributed by atoms with E-state index in [2.05, 4.69) is 9.88 Å². The van der Waals surface area contributed by atoms with Gasteiger partial charge in [0.25, 0.3) is 0 Å². The average Bonchev–Trinajstić information content (AvgIpc) is 3.09. The van der Waals surface area contributed by atoms with Gasteiger partial charge in [-0.25, -0.2) is 4.98 Å². The summed E-state index contributed by atoms with van der Waals surface area (Å²) in [6, 6.07) is 9.84. The number of thiazole rings is 1. The Hall–Kier alpha value is -1.88. The Kier molecular flexibility index (Phi) is 4.20. The molecule has 0 radical (unpaired) electrons. The van der Waals surface area contributed by atoms with Crippen LogP contribution in [0.1, 0.15) is 12.8 Å². The van der Waals surface area contributed by atoms with Crippen LogP contribution in [0.3, 0.4) is 0 Å². The van der Waals surface area contributed by atoms with Crippen LogP contribution < -0.4 is 9.80 Å². The smallest absolute Gasteiger partial charge is 0.229 e. The summed E-state index contributed by atoms with van der Waals surface area (Å²) in [6.07, 6.45) is 3.63. The van der Waals surface area contributed by atoms with Gasteiger partial charge in [0.2, 0.25) is 5.91 Å². The summed E-state index contributed by atoms with van der Waals surface area (Å²) in [5, 5.41) is 3.06. The first-order valence-corrected chi connectivity index (χ1v) is 8.11. The lowest BCUT2D eigenvalue weighted by Gasteiger charge is -2.33. The third-order valence-corrected chi connectivity index (χ3v) is 4.84. The van der Waals surface area contributed by atoms with E-state index in [9.17, 15) is 4.79 Å². The quantitative estimate of drug-likeness (QED) is 0.874. The Morgan fingerprint density at radius 2 is 2.00 bits per heavy atom. The number of carbonyl (C=O) groups is 1. The third-order valence-electron chi connectivity index (χ3n) is 4.01. The van der Waals surface area contributed by atoms with Crippen molar-refractivity contribution in [3.8, 4) is 0 Å². The average molecular weight is 301 g/mol. The highest BCUT2D eigenvalue weighted by Crippen LogP contribution is 2.26. The highest BCUT2D eigenvalue weighted by atomic mass is 32.1. The predicted molar refractivity (Wildman–Crippen MR) is 86.9 cm³/mol. The molecule has 0 atom stereocenters. The molecule has 0 saturated carbocycles. The molecule has 21 heavy (non-hydrogen) atoms. The lowest BCUT2D eigenvalue weighted by Crippen LogP contribution is -2.41. The van der Waals surface area contributed by atoms with E-state index >= 15 is 0 Å². The number of amides is 1. The Labute approximate surface area is 129 Å². The molecule has 0 aliphatic carbocycles. The van der Waals surface area contributed by atoms with E-state index in [0.29, 0.717) is 0 Å². The second-order valence-electron chi connectivity index (χ2n) is 5.31. The van der Waals surface area contributed by atoms with Crippen molar-refractivity contribution in [2.45, 2.75) is 12.8 Å². The van der Waals surface area contributed by atoms with Crippen molar-refractivity contribution in [2.75, 3.05) is 29.9 Å². The van der Waals surface area contributed by atoms with Crippen LogP contribution in [0.5, 0.6) is 0 Å². The minimum atomic E-state index is 0.117. The van der Waals surface area contributed by atoms with Gasteiger partial charge in [0.1, 0.15) is 0 Å². The van der Waals surface area contributed by atoms with Crippen LogP contribution in [0.4, 0.5) is 10.8 Å². The number of para-hydroxylation sites is 1. The summed E-state index contributed by atoms with van der Waals surface area (Å²) < 4.78 is 0. The number of nitrogens with zero attached hydrogens (tertiary/aromatic N) is 3. The molecule has 0 spiro atoms. The zero-order chi connectivity index (χ0) is 14.7. The van der Waals surface area contributed by atoms with Crippen LogP contribution in [0, 0.1) is 5.92 Å². The lowest BCUT2D eigenvalue weighted by molar-refractivity contribution is -0.122. The Morgan fingerprint density at radius 1 is 1.29 bits per heavy atom. The standard InChI is InChI=1S/C16H19N3OS/c1-18(14-5-3-2-4-6-14)15(20)13-7-10-19(11-8-13)16-17-9-12-21-16/h2-6,9,12-13H,7-8,10-11H2,1H3. The topological polar surface area (TPSA) is 36.4 Å². The molecule has 1 saturated heterocycles. The molecule has 1 fully saturated rings. The summed E-state index contributed by atoms with van der Waals surface area (Å²) in [5.74, 6) is 0.339. The van der Waals surface area contributed by atoms with Gasteiger partial charge >= 0.3 is 0 Å². The zero-order valence-corrected chi connectivity index (χ0v) is 12.9. The molecule has 1 aromatic carbocycles. The van der Waals surface area contributed by atoms with Crippen LogP contribution in [-0.2, 0) is 4.79 Å². The van der Waals surface area contributed by atoms with Gasteiger partial charge in [-0.15, -0.1) is 11.3 Å². The number of aromatic nitrogens is 1. The van der Waals surface area contributed by atoms with Crippen molar-refractivity contribution in [1.29, 1.82) is 0 Å². The molecule has 0 unspecified atom stereocenters. The first-order chi connectivity index (χ1) is 10.3. The van der Waals surface area contributed by atoms with E-state index in [4.69, 9.17) is 0 Å². The lowest BCUT2D eigenvalue weighted by atomic mass is 9.95. The number of rotatable bonds is 3. The van der Waals surface area contributed by atoms with E-state index in [1.807, 2.05) is 49.0 Å². The molecule has 3 rings (SSSR count). The first-order valence-electron chi connectivity index (χ1n) is 7.23. The largest absolute Gasteiger partial charge is 0.348 e. The first kappa shape index (κ1) is 14.1. The van der Waals surface area contributed by atoms with Gasteiger partial charge in [0, 0.05) is 43.3 Å². The predicted octanol–water partition coefficient (Wildman–Crippen LogP) is 3.02.